The largest absolute Gasteiger partial charge is 0.495 e. The number of ether oxygens (including phenoxy) is 2. The highest BCUT2D eigenvalue weighted by molar-refractivity contribution is 7.93. The van der Waals surface area contributed by atoms with Crippen LogP contribution in [0.5, 0.6) is 5.75 Å². The molecule has 7 nitrogen and oxygen atoms in total. The van der Waals surface area contributed by atoms with Crippen molar-refractivity contribution in [1.29, 1.82) is 0 Å². The zero-order chi connectivity index (χ0) is 25.8. The summed E-state index contributed by atoms with van der Waals surface area (Å²) in [5, 5.41) is 0. The summed E-state index contributed by atoms with van der Waals surface area (Å²) < 4.78 is 40.7. The molecule has 3 aromatic rings. The lowest BCUT2D eigenvalue weighted by molar-refractivity contribution is 0.122. The van der Waals surface area contributed by atoms with Crippen molar-refractivity contribution in [2.75, 3.05) is 43.0 Å². The van der Waals surface area contributed by atoms with Crippen LogP contribution in [0.1, 0.15) is 31.9 Å². The molecule has 1 aliphatic heterocycles. The van der Waals surface area contributed by atoms with E-state index in [9.17, 15) is 8.42 Å². The second kappa shape index (κ2) is 10.7. The van der Waals surface area contributed by atoms with E-state index in [-0.39, 0.29) is 10.3 Å². The van der Waals surface area contributed by atoms with Crippen LogP contribution in [0.3, 0.4) is 0 Å². The first-order chi connectivity index (χ1) is 17.2. The van der Waals surface area contributed by atoms with Crippen molar-refractivity contribution < 1.29 is 17.9 Å². The summed E-state index contributed by atoms with van der Waals surface area (Å²) in [5.74, 6) is 0.446. The third kappa shape index (κ3) is 6.06. The molecular formula is C28H33N3O4S. The Balaban J connectivity index is 1.68. The number of aliphatic imine (C=N–C) groups is 1. The van der Waals surface area contributed by atoms with Crippen LogP contribution in [-0.4, -0.2) is 48.0 Å². The van der Waals surface area contributed by atoms with Gasteiger partial charge in [0.25, 0.3) is 10.0 Å². The number of benzene rings is 3. The van der Waals surface area contributed by atoms with Crippen molar-refractivity contribution >= 4 is 33.3 Å². The van der Waals surface area contributed by atoms with E-state index in [0.29, 0.717) is 49.1 Å². The Morgan fingerprint density at radius 1 is 1.00 bits per heavy atom. The first-order valence-electron chi connectivity index (χ1n) is 11.9. The maximum absolute atomic E-state index is 13.6. The summed E-state index contributed by atoms with van der Waals surface area (Å²) in [4.78, 5) is 6.77. The predicted molar refractivity (Wildman–Crippen MR) is 146 cm³/mol. The van der Waals surface area contributed by atoms with Gasteiger partial charge in [-0.05, 0) is 46.9 Å². The Hall–Kier alpha value is -3.36. The van der Waals surface area contributed by atoms with Gasteiger partial charge in [0, 0.05) is 19.3 Å². The summed E-state index contributed by atoms with van der Waals surface area (Å²) in [6.45, 7) is 8.83. The third-order valence-corrected chi connectivity index (χ3v) is 7.47. The fourth-order valence-electron chi connectivity index (χ4n) is 4.01. The molecule has 8 heteroatoms. The van der Waals surface area contributed by atoms with E-state index >= 15 is 0 Å². The van der Waals surface area contributed by atoms with Gasteiger partial charge in [0.1, 0.15) is 10.6 Å². The van der Waals surface area contributed by atoms with Gasteiger partial charge in [0.2, 0.25) is 0 Å². The van der Waals surface area contributed by atoms with Crippen molar-refractivity contribution in [3.05, 3.63) is 77.9 Å². The predicted octanol–water partition coefficient (Wildman–Crippen LogP) is 5.38. The van der Waals surface area contributed by atoms with E-state index in [2.05, 4.69) is 42.6 Å². The number of morpholine rings is 1. The van der Waals surface area contributed by atoms with Gasteiger partial charge >= 0.3 is 0 Å². The fraction of sp³-hybridized carbons (Fsp3) is 0.321. The van der Waals surface area contributed by atoms with Gasteiger partial charge < -0.3 is 14.4 Å². The van der Waals surface area contributed by atoms with Crippen molar-refractivity contribution in [3.63, 3.8) is 0 Å². The van der Waals surface area contributed by atoms with Crippen molar-refractivity contribution in [2.45, 2.75) is 31.1 Å². The molecule has 0 saturated carbocycles. The number of para-hydroxylation sites is 2. The van der Waals surface area contributed by atoms with E-state index in [4.69, 9.17) is 9.47 Å². The van der Waals surface area contributed by atoms with Crippen LogP contribution < -0.4 is 14.4 Å². The molecule has 0 unspecified atom stereocenters. The maximum Gasteiger partial charge on any atom is 0.264 e. The van der Waals surface area contributed by atoms with E-state index in [0.717, 1.165) is 5.56 Å². The molecule has 0 aliphatic carbocycles. The number of nitrogens with zero attached hydrogens (tertiary/aromatic N) is 2. The quantitative estimate of drug-likeness (QED) is 0.434. The van der Waals surface area contributed by atoms with Gasteiger partial charge in [0.05, 0.1) is 37.4 Å². The lowest BCUT2D eigenvalue weighted by Crippen LogP contribution is -2.37. The van der Waals surface area contributed by atoms with Gasteiger partial charge in [-0.2, -0.15) is 0 Å². The molecule has 0 spiro atoms. The molecular weight excluding hydrogens is 474 g/mol. The van der Waals surface area contributed by atoms with Gasteiger partial charge in [-0.3, -0.25) is 9.71 Å². The Labute approximate surface area is 213 Å². The highest BCUT2D eigenvalue weighted by Gasteiger charge is 2.25. The molecule has 4 rings (SSSR count). The molecule has 0 radical (unpaired) electrons. The highest BCUT2D eigenvalue weighted by atomic mass is 32.2. The van der Waals surface area contributed by atoms with E-state index in [1.807, 2.05) is 29.2 Å². The number of anilines is 2. The number of rotatable bonds is 7. The van der Waals surface area contributed by atoms with Crippen LogP contribution in [0.15, 0.2) is 76.6 Å². The smallest absolute Gasteiger partial charge is 0.264 e. The minimum atomic E-state index is -3.94. The molecule has 1 heterocycles. The summed E-state index contributed by atoms with van der Waals surface area (Å²) in [7, 11) is -2.43. The van der Waals surface area contributed by atoms with Gasteiger partial charge in [0.15, 0.2) is 0 Å². The molecule has 1 N–H and O–H groups in total. The minimum absolute atomic E-state index is 0.0721. The summed E-state index contributed by atoms with van der Waals surface area (Å²) >= 11 is 0. The van der Waals surface area contributed by atoms with Crippen LogP contribution in [0.4, 0.5) is 17.1 Å². The molecule has 0 amide bonds. The molecule has 190 valence electrons. The van der Waals surface area contributed by atoms with Crippen molar-refractivity contribution in [3.8, 4) is 5.75 Å². The topological polar surface area (TPSA) is 80.2 Å². The minimum Gasteiger partial charge on any atom is -0.495 e. The Morgan fingerprint density at radius 2 is 1.69 bits per heavy atom. The van der Waals surface area contributed by atoms with Crippen LogP contribution in [-0.2, 0) is 20.2 Å². The molecule has 0 atom stereocenters. The van der Waals surface area contributed by atoms with E-state index in [1.165, 1.54) is 12.7 Å². The van der Waals surface area contributed by atoms with Crippen LogP contribution in [0, 0.1) is 0 Å². The summed E-state index contributed by atoms with van der Waals surface area (Å²) in [5.41, 5.74) is 3.80. The molecule has 0 bridgehead atoms. The average Bonchev–Trinajstić information content (AvgIpc) is 2.87. The summed E-state index contributed by atoms with van der Waals surface area (Å²) in [6.07, 6.45) is 1.75. The number of hydrogen-bond acceptors (Lipinski definition) is 6. The third-order valence-electron chi connectivity index (χ3n) is 6.08. The number of methoxy groups -OCH3 is 1. The molecule has 1 aliphatic rings. The van der Waals surface area contributed by atoms with Gasteiger partial charge in [-0.25, -0.2) is 8.42 Å². The lowest BCUT2D eigenvalue weighted by atomic mass is 9.87. The van der Waals surface area contributed by atoms with Crippen LogP contribution >= 0.6 is 0 Å². The Bertz CT molecular complexity index is 1320. The average molecular weight is 508 g/mol. The SMILES string of the molecule is COc1ccccc1NS(=O)(=O)c1cc(N=Cc2ccc(C(C)(C)C)cc2)ccc1N1CCOCC1. The summed E-state index contributed by atoms with van der Waals surface area (Å²) in [6, 6.07) is 20.4. The normalized spacial score (nSPS) is 14.7. The lowest BCUT2D eigenvalue weighted by Gasteiger charge is -2.30. The number of hydrogen-bond donors (Lipinski definition) is 1. The fourth-order valence-corrected chi connectivity index (χ4v) is 5.33. The Morgan fingerprint density at radius 3 is 2.36 bits per heavy atom. The molecule has 3 aromatic carbocycles. The molecule has 1 saturated heterocycles. The highest BCUT2D eigenvalue weighted by Crippen LogP contribution is 2.33. The zero-order valence-electron chi connectivity index (χ0n) is 21.2. The molecule has 36 heavy (non-hydrogen) atoms. The standard InChI is InChI=1S/C28H33N3O4S/c1-28(2,3)22-11-9-21(10-12-22)20-29-23-13-14-25(31-15-17-35-18-16-31)27(19-23)36(32,33)30-24-7-5-6-8-26(24)34-4/h5-14,19-20,30H,15-18H2,1-4H3. The first-order valence-corrected chi connectivity index (χ1v) is 13.4. The van der Waals surface area contributed by atoms with Gasteiger partial charge in [-0.15, -0.1) is 0 Å². The van der Waals surface area contributed by atoms with Crippen molar-refractivity contribution in [2.24, 2.45) is 4.99 Å². The molecule has 1 fully saturated rings. The van der Waals surface area contributed by atoms with E-state index in [1.54, 1.807) is 36.5 Å². The number of nitrogens with one attached hydrogen (secondary N) is 1. The maximum atomic E-state index is 13.6. The second-order valence-corrected chi connectivity index (χ2v) is 11.3. The monoisotopic (exact) mass is 507 g/mol. The van der Waals surface area contributed by atoms with Gasteiger partial charge in [-0.1, -0.05) is 57.2 Å². The van der Waals surface area contributed by atoms with E-state index < -0.39 is 10.0 Å². The number of sulfonamides is 1. The van der Waals surface area contributed by atoms with Crippen molar-refractivity contribution in [1.82, 2.24) is 0 Å². The second-order valence-electron chi connectivity index (χ2n) is 9.69. The first kappa shape index (κ1) is 25.7. The Kier molecular flexibility index (Phi) is 7.66. The zero-order valence-corrected chi connectivity index (χ0v) is 22.0. The van der Waals surface area contributed by atoms with Crippen LogP contribution in [0.2, 0.25) is 0 Å². The van der Waals surface area contributed by atoms with Crippen LogP contribution in [0.25, 0.3) is 0 Å². The molecule has 0 aromatic heterocycles.